The van der Waals surface area contributed by atoms with Crippen molar-refractivity contribution >= 4 is 27.6 Å². The Morgan fingerprint density at radius 2 is 1.84 bits per heavy atom. The summed E-state index contributed by atoms with van der Waals surface area (Å²) in [6, 6.07) is 6.17. The van der Waals surface area contributed by atoms with Crippen LogP contribution in [0.5, 0.6) is 0 Å². The molecule has 1 aromatic rings. The van der Waals surface area contributed by atoms with Crippen LogP contribution in [0.15, 0.2) is 24.3 Å². The highest BCUT2D eigenvalue weighted by Gasteiger charge is 2.57. The van der Waals surface area contributed by atoms with E-state index in [2.05, 4.69) is 15.9 Å². The van der Waals surface area contributed by atoms with Gasteiger partial charge in [0, 0.05) is 16.5 Å². The maximum Gasteiger partial charge on any atom is 0.306 e. The van der Waals surface area contributed by atoms with Crippen LogP contribution in [-0.4, -0.2) is 15.2 Å². The van der Waals surface area contributed by atoms with Crippen molar-refractivity contribution in [1.29, 1.82) is 0 Å². The molecule has 0 saturated heterocycles. The molecule has 0 aromatic heterocycles. The summed E-state index contributed by atoms with van der Waals surface area (Å²) >= 11 is 3.97. The molecule has 0 amide bonds. The standard InChI is InChI=1S/C19H22BrNO4/c20-19-8-14-5-15(9-19)7-18(6-14,12-19)10-17(22)25-11-13-1-3-16(4-2-13)21(23)24/h1-4,14-15H,5-12H2. The van der Waals surface area contributed by atoms with E-state index in [0.717, 1.165) is 36.7 Å². The Morgan fingerprint density at radius 3 is 2.40 bits per heavy atom. The molecule has 0 N–H and O–H groups in total. The Balaban J connectivity index is 1.35. The van der Waals surface area contributed by atoms with Crippen LogP contribution in [0.3, 0.4) is 0 Å². The Morgan fingerprint density at radius 1 is 1.20 bits per heavy atom. The van der Waals surface area contributed by atoms with Gasteiger partial charge in [-0.1, -0.05) is 15.9 Å². The number of hydrogen-bond acceptors (Lipinski definition) is 4. The summed E-state index contributed by atoms with van der Waals surface area (Å²) in [7, 11) is 0. The highest BCUT2D eigenvalue weighted by atomic mass is 79.9. The van der Waals surface area contributed by atoms with Gasteiger partial charge in [-0.05, 0) is 73.5 Å². The molecule has 2 unspecified atom stereocenters. The molecule has 134 valence electrons. The molecule has 4 bridgehead atoms. The molecular formula is C19H22BrNO4. The van der Waals surface area contributed by atoms with E-state index in [-0.39, 0.29) is 28.0 Å². The van der Waals surface area contributed by atoms with E-state index >= 15 is 0 Å². The summed E-state index contributed by atoms with van der Waals surface area (Å²) in [4.78, 5) is 22.7. The van der Waals surface area contributed by atoms with Crippen molar-refractivity contribution in [2.45, 2.75) is 55.9 Å². The van der Waals surface area contributed by atoms with E-state index in [1.165, 1.54) is 31.4 Å². The summed E-state index contributed by atoms with van der Waals surface area (Å²) in [5, 5.41) is 10.7. The zero-order valence-corrected chi connectivity index (χ0v) is 15.7. The largest absolute Gasteiger partial charge is 0.461 e. The number of benzene rings is 1. The zero-order chi connectivity index (χ0) is 17.7. The molecule has 2 atom stereocenters. The number of rotatable bonds is 5. The van der Waals surface area contributed by atoms with Gasteiger partial charge in [-0.25, -0.2) is 0 Å². The normalized spacial score (nSPS) is 35.6. The molecule has 25 heavy (non-hydrogen) atoms. The predicted octanol–water partition coefficient (Wildman–Crippen LogP) is 4.76. The zero-order valence-electron chi connectivity index (χ0n) is 14.1. The van der Waals surface area contributed by atoms with Crippen molar-refractivity contribution in [3.8, 4) is 0 Å². The average Bonchev–Trinajstić information content (AvgIpc) is 2.50. The van der Waals surface area contributed by atoms with Crippen LogP contribution < -0.4 is 0 Å². The van der Waals surface area contributed by atoms with Gasteiger partial charge in [0.2, 0.25) is 0 Å². The molecule has 4 fully saturated rings. The number of hydrogen-bond donors (Lipinski definition) is 0. The van der Waals surface area contributed by atoms with E-state index in [4.69, 9.17) is 4.74 Å². The van der Waals surface area contributed by atoms with Gasteiger partial charge in [0.05, 0.1) is 11.3 Å². The lowest BCUT2D eigenvalue weighted by molar-refractivity contribution is -0.384. The monoisotopic (exact) mass is 407 g/mol. The van der Waals surface area contributed by atoms with Gasteiger partial charge in [0.25, 0.3) is 5.69 Å². The second-order valence-corrected chi connectivity index (χ2v) is 10.1. The van der Waals surface area contributed by atoms with E-state index in [1.54, 1.807) is 12.1 Å². The summed E-state index contributed by atoms with van der Waals surface area (Å²) in [6.07, 6.45) is 7.73. The molecule has 0 spiro atoms. The van der Waals surface area contributed by atoms with Gasteiger partial charge in [0.15, 0.2) is 0 Å². The van der Waals surface area contributed by atoms with Crippen molar-refractivity contribution in [3.63, 3.8) is 0 Å². The van der Waals surface area contributed by atoms with Crippen LogP contribution >= 0.6 is 15.9 Å². The molecule has 5 nitrogen and oxygen atoms in total. The van der Waals surface area contributed by atoms with Crippen LogP contribution in [0, 0.1) is 27.4 Å². The summed E-state index contributed by atoms with van der Waals surface area (Å²) in [5.41, 5.74) is 0.938. The van der Waals surface area contributed by atoms with E-state index in [0.29, 0.717) is 6.42 Å². The average molecular weight is 408 g/mol. The quantitative estimate of drug-likeness (QED) is 0.305. The summed E-state index contributed by atoms with van der Waals surface area (Å²) in [5.74, 6) is 1.36. The number of carbonyl (C=O) groups is 1. The number of non-ortho nitro benzene ring substituents is 1. The number of esters is 1. The second-order valence-electron chi connectivity index (χ2n) is 8.37. The maximum absolute atomic E-state index is 12.4. The molecule has 0 aliphatic heterocycles. The molecule has 4 saturated carbocycles. The van der Waals surface area contributed by atoms with Crippen molar-refractivity contribution in [3.05, 3.63) is 39.9 Å². The van der Waals surface area contributed by atoms with Crippen LogP contribution in [0.1, 0.15) is 50.5 Å². The van der Waals surface area contributed by atoms with Gasteiger partial charge in [0.1, 0.15) is 6.61 Å². The Hall–Kier alpha value is -1.43. The van der Waals surface area contributed by atoms with Crippen molar-refractivity contribution in [2.24, 2.45) is 17.3 Å². The fourth-order valence-corrected chi connectivity index (χ4v) is 7.29. The van der Waals surface area contributed by atoms with Gasteiger partial charge in [-0.3, -0.25) is 14.9 Å². The fourth-order valence-electron chi connectivity index (χ4n) is 5.78. The Kier molecular flexibility index (Phi) is 4.13. The molecule has 5 rings (SSSR count). The molecule has 0 radical (unpaired) electrons. The third-order valence-electron chi connectivity index (χ3n) is 6.18. The summed E-state index contributed by atoms with van der Waals surface area (Å²) < 4.78 is 5.72. The number of nitro groups is 1. The number of halogens is 1. The number of nitro benzene ring substituents is 1. The Bertz CT molecular complexity index is 688. The predicted molar refractivity (Wildman–Crippen MR) is 96.3 cm³/mol. The SMILES string of the molecule is O=C(CC12CC3CC(CC(Br)(C3)C1)C2)OCc1ccc([N+](=O)[O-])cc1. The smallest absolute Gasteiger partial charge is 0.306 e. The van der Waals surface area contributed by atoms with E-state index in [9.17, 15) is 14.9 Å². The molecule has 4 aliphatic rings. The number of carbonyl (C=O) groups excluding carboxylic acids is 1. The first-order chi connectivity index (χ1) is 11.8. The minimum absolute atomic E-state index is 0.0475. The lowest BCUT2D eigenvalue weighted by Crippen LogP contribution is -2.53. The van der Waals surface area contributed by atoms with Crippen molar-refractivity contribution in [2.75, 3.05) is 0 Å². The van der Waals surface area contributed by atoms with Crippen molar-refractivity contribution < 1.29 is 14.5 Å². The van der Waals surface area contributed by atoms with Gasteiger partial charge in [-0.2, -0.15) is 0 Å². The maximum atomic E-state index is 12.4. The lowest BCUT2D eigenvalue weighted by atomic mass is 9.49. The minimum atomic E-state index is -0.432. The van der Waals surface area contributed by atoms with E-state index < -0.39 is 4.92 Å². The minimum Gasteiger partial charge on any atom is -0.461 e. The van der Waals surface area contributed by atoms with Gasteiger partial charge < -0.3 is 4.74 Å². The molecule has 4 aliphatic carbocycles. The Labute approximate surface area is 155 Å². The first-order valence-electron chi connectivity index (χ1n) is 8.93. The molecule has 0 heterocycles. The lowest BCUT2D eigenvalue weighted by Gasteiger charge is -2.60. The van der Waals surface area contributed by atoms with Crippen molar-refractivity contribution in [1.82, 2.24) is 0 Å². The topological polar surface area (TPSA) is 69.4 Å². The van der Waals surface area contributed by atoms with Crippen LogP contribution in [0.2, 0.25) is 0 Å². The number of alkyl halides is 1. The number of nitrogens with zero attached hydrogens (tertiary/aromatic N) is 1. The van der Waals surface area contributed by atoms with Crippen LogP contribution in [0.4, 0.5) is 5.69 Å². The fraction of sp³-hybridized carbons (Fsp3) is 0.632. The summed E-state index contributed by atoms with van der Waals surface area (Å²) in [6.45, 7) is 0.180. The third-order valence-corrected chi connectivity index (χ3v) is 7.11. The first kappa shape index (κ1) is 17.0. The number of ether oxygens (including phenoxy) is 1. The van der Waals surface area contributed by atoms with Crippen LogP contribution in [0.25, 0.3) is 0 Å². The van der Waals surface area contributed by atoms with Gasteiger partial charge in [-0.15, -0.1) is 0 Å². The second kappa shape index (κ2) is 6.08. The molecule has 6 heteroatoms. The molecular weight excluding hydrogens is 386 g/mol. The van der Waals surface area contributed by atoms with Gasteiger partial charge >= 0.3 is 5.97 Å². The first-order valence-corrected chi connectivity index (χ1v) is 9.72. The highest BCUT2D eigenvalue weighted by molar-refractivity contribution is 9.10. The van der Waals surface area contributed by atoms with E-state index in [1.807, 2.05) is 0 Å². The highest BCUT2D eigenvalue weighted by Crippen LogP contribution is 2.65. The van der Waals surface area contributed by atoms with Crippen LogP contribution in [-0.2, 0) is 16.1 Å². The molecule has 1 aromatic carbocycles. The third kappa shape index (κ3) is 3.46.